The summed E-state index contributed by atoms with van der Waals surface area (Å²) in [6.45, 7) is 11.2. The van der Waals surface area contributed by atoms with E-state index in [1.807, 2.05) is 0 Å². The van der Waals surface area contributed by atoms with Crippen LogP contribution in [0.5, 0.6) is 0 Å². The van der Waals surface area contributed by atoms with Gasteiger partial charge in [0.2, 0.25) is 0 Å². The Morgan fingerprint density at radius 2 is 1.56 bits per heavy atom. The Bertz CT molecular complexity index is 182. The molecule has 0 saturated heterocycles. The second kappa shape index (κ2) is 15.4. The van der Waals surface area contributed by atoms with Gasteiger partial charge < -0.3 is 22.7 Å². The van der Waals surface area contributed by atoms with Crippen molar-refractivity contribution in [3.63, 3.8) is 0 Å². The minimum absolute atomic E-state index is 0.134. The summed E-state index contributed by atoms with van der Waals surface area (Å²) in [5.74, 6) is 2.26. The van der Waals surface area contributed by atoms with Gasteiger partial charge in [-0.15, -0.1) is 0 Å². The van der Waals surface area contributed by atoms with Gasteiger partial charge in [-0.05, 0) is 12.8 Å². The molecule has 108 valence electrons. The zero-order valence-corrected chi connectivity index (χ0v) is 15.6. The first-order valence-corrected chi connectivity index (χ1v) is 10.4. The molecular weight excluding hydrogens is 303 g/mol. The quantitative estimate of drug-likeness (QED) is 0.225. The maximum absolute atomic E-state index is 9.99. The molecule has 0 heterocycles. The van der Waals surface area contributed by atoms with Crippen molar-refractivity contribution in [2.45, 2.75) is 58.0 Å². The minimum atomic E-state index is -0.134. The Morgan fingerprint density at radius 3 is 1.78 bits per heavy atom. The van der Waals surface area contributed by atoms with Crippen LogP contribution in [-0.2, 0) is 12.6 Å². The van der Waals surface area contributed by atoms with Gasteiger partial charge in [0.25, 0.3) is 0 Å². The monoisotopic (exact) mass is 333 g/mol. The molecule has 0 aromatic rings. The van der Waals surface area contributed by atoms with Crippen molar-refractivity contribution in [2.75, 3.05) is 12.3 Å². The van der Waals surface area contributed by atoms with Crippen molar-refractivity contribution < 1.29 is 5.11 Å². The van der Waals surface area contributed by atoms with Gasteiger partial charge in [-0.3, -0.25) is 0 Å². The molecule has 0 aromatic carbocycles. The molecule has 0 fully saturated rings. The first-order chi connectivity index (χ1) is 8.40. The van der Waals surface area contributed by atoms with Crippen molar-refractivity contribution in [3.05, 3.63) is 0 Å². The Labute approximate surface area is 126 Å². The fourth-order valence-corrected chi connectivity index (χ4v) is 5.00. The third kappa shape index (κ3) is 25.3. The first-order valence-electron chi connectivity index (χ1n) is 6.87. The smallest absolute Gasteiger partial charge is 0.0160 e. The average molecular weight is 332 g/mol. The van der Waals surface area contributed by atoms with E-state index in [0.29, 0.717) is 27.7 Å². The maximum Gasteiger partial charge on any atom is 0.0160 e. The largest absolute Gasteiger partial charge is 0.862 e. The van der Waals surface area contributed by atoms with Crippen LogP contribution in [0.15, 0.2) is 4.99 Å². The molecule has 0 aliphatic rings. The molecule has 0 aliphatic heterocycles. The Hall–Kier alpha value is 0.363. The van der Waals surface area contributed by atoms with E-state index in [1.165, 1.54) is 19.8 Å². The molecule has 0 spiro atoms. The van der Waals surface area contributed by atoms with E-state index in [2.05, 4.69) is 45.3 Å². The van der Waals surface area contributed by atoms with Gasteiger partial charge in [-0.25, -0.2) is 0 Å². The maximum atomic E-state index is 9.99. The van der Waals surface area contributed by atoms with Crippen LogP contribution in [0.3, 0.4) is 0 Å². The average Bonchev–Trinajstić information content (AvgIpc) is 2.26. The van der Waals surface area contributed by atoms with E-state index in [4.69, 9.17) is 0 Å². The van der Waals surface area contributed by atoms with Crippen LogP contribution < -0.4 is 5.11 Å². The minimum Gasteiger partial charge on any atom is -0.862 e. The van der Waals surface area contributed by atoms with Crippen molar-refractivity contribution >= 4 is 34.0 Å². The second-order valence-corrected chi connectivity index (χ2v) is 8.78. The van der Waals surface area contributed by atoms with Crippen LogP contribution in [0.25, 0.3) is 0 Å². The number of rotatable bonds is 8. The van der Waals surface area contributed by atoms with E-state index < -0.39 is 0 Å². The van der Waals surface area contributed by atoms with Crippen LogP contribution in [0.1, 0.15) is 47.5 Å². The summed E-state index contributed by atoms with van der Waals surface area (Å²) in [6, 6.07) is 0. The Balaban J connectivity index is 0. The summed E-state index contributed by atoms with van der Waals surface area (Å²) in [5, 5.41) is 13.1. The predicted molar refractivity (Wildman–Crippen MR) is 84.5 cm³/mol. The van der Waals surface area contributed by atoms with E-state index in [1.54, 1.807) is 10.5 Å². The molecule has 0 aromatic heterocycles. The standard InChI is InChI=1S/C10H22Ge.C4H9NOS/c1-9(2)5-7-11-8-6-10(3)4;1-4(6)5-2-3-7/h9-10H,5-8H2,1-4H3;7H,2-3H2,1H3,(H,5,6)/p-2. The second-order valence-electron chi connectivity index (χ2n) is 5.22. The summed E-state index contributed by atoms with van der Waals surface area (Å²) in [6.07, 6.45) is 2.94. The predicted octanol–water partition coefficient (Wildman–Crippen LogP) is 2.93. The Morgan fingerprint density at radius 1 is 1.11 bits per heavy atom. The molecule has 0 rings (SSSR count). The zero-order valence-electron chi connectivity index (χ0n) is 12.7. The van der Waals surface area contributed by atoms with Crippen LogP contribution >= 0.6 is 0 Å². The topological polar surface area (TPSA) is 35.4 Å². The van der Waals surface area contributed by atoms with Crippen LogP contribution in [0.4, 0.5) is 0 Å². The molecule has 0 saturated carbocycles. The molecule has 2 nitrogen and oxygen atoms in total. The van der Waals surface area contributed by atoms with Gasteiger partial charge in [0.1, 0.15) is 0 Å². The van der Waals surface area contributed by atoms with Crippen molar-refractivity contribution in [2.24, 2.45) is 16.8 Å². The van der Waals surface area contributed by atoms with Crippen LogP contribution in [0, 0.1) is 11.8 Å². The molecule has 18 heavy (non-hydrogen) atoms. The Kier molecular flexibility index (Phi) is 17.7. The molecule has 0 bridgehead atoms. The van der Waals surface area contributed by atoms with Crippen LogP contribution in [0.2, 0.25) is 10.5 Å². The van der Waals surface area contributed by atoms with Crippen molar-refractivity contribution in [3.8, 4) is 0 Å². The number of hydrogen-bond donors (Lipinski definition) is 0. The number of aliphatic imine (C=N–C) groups is 1. The third-order valence-corrected chi connectivity index (χ3v) is 5.10. The first kappa shape index (κ1) is 20.7. The number of hydrogen-bond acceptors (Lipinski definition) is 3. The molecule has 0 atom stereocenters. The van der Waals surface area contributed by atoms with Gasteiger partial charge in [-0.2, -0.15) is 5.75 Å². The molecule has 0 unspecified atom stereocenters. The van der Waals surface area contributed by atoms with E-state index in [9.17, 15) is 5.11 Å². The molecule has 0 aliphatic carbocycles. The summed E-state index contributed by atoms with van der Waals surface area (Å²) in [7, 11) is 0. The van der Waals surface area contributed by atoms with E-state index >= 15 is 0 Å². The van der Waals surface area contributed by atoms with E-state index in [0.717, 1.165) is 11.8 Å². The number of nitrogens with zero attached hydrogens (tertiary/aromatic N) is 1. The fourth-order valence-electron chi connectivity index (χ4n) is 1.11. The fraction of sp³-hybridized carbons (Fsp3) is 0.929. The molecular formula is C14H29GeNOS-2. The van der Waals surface area contributed by atoms with Crippen molar-refractivity contribution in [1.82, 2.24) is 0 Å². The molecule has 2 radical (unpaired) electrons. The summed E-state index contributed by atoms with van der Waals surface area (Å²) in [5.41, 5.74) is 0. The molecule has 0 amide bonds. The molecule has 0 N–H and O–H groups in total. The normalized spacial score (nSPS) is 11.7. The van der Waals surface area contributed by atoms with Gasteiger partial charge in [0.15, 0.2) is 0 Å². The van der Waals surface area contributed by atoms with E-state index in [-0.39, 0.29) is 5.90 Å². The van der Waals surface area contributed by atoms with Gasteiger partial charge >= 0.3 is 78.3 Å². The van der Waals surface area contributed by atoms with Gasteiger partial charge in [0, 0.05) is 6.54 Å². The van der Waals surface area contributed by atoms with Gasteiger partial charge in [0.05, 0.1) is 0 Å². The summed E-state index contributed by atoms with van der Waals surface area (Å²) in [4.78, 5) is 3.50. The van der Waals surface area contributed by atoms with Crippen molar-refractivity contribution in [1.29, 1.82) is 0 Å². The molecule has 4 heteroatoms. The SMILES string of the molecule is CC(C)C[CH2][Ge][CH2]CC(C)C.CC([O-])=NCC[S-]. The summed E-state index contributed by atoms with van der Waals surface area (Å²) >= 11 is 4.96. The van der Waals surface area contributed by atoms with Gasteiger partial charge in [-0.1, -0.05) is 0 Å². The van der Waals surface area contributed by atoms with Crippen LogP contribution in [-0.4, -0.2) is 33.6 Å². The third-order valence-electron chi connectivity index (χ3n) is 2.22. The summed E-state index contributed by atoms with van der Waals surface area (Å²) < 4.78 is 0. The zero-order chi connectivity index (χ0) is 14.4.